The normalized spacial score (nSPS) is 10.7. The monoisotopic (exact) mass is 270 g/mol. The number of halogens is 1. The number of fused-ring (bicyclic) bond motifs is 1. The molecule has 0 aliphatic carbocycles. The standard InChI is InChI=1S/C15H11FN2O2/c16-11-7-5-10(6-8-11)9-20-15(19)14-12-3-1-2-4-13(12)17-18-14/h1-8H,9H2,(H,17,18). The van der Waals surface area contributed by atoms with Gasteiger partial charge < -0.3 is 4.74 Å². The van der Waals surface area contributed by atoms with Crippen LogP contribution in [0.15, 0.2) is 48.5 Å². The number of rotatable bonds is 3. The molecular weight excluding hydrogens is 259 g/mol. The van der Waals surface area contributed by atoms with Crippen LogP contribution in [-0.2, 0) is 11.3 Å². The Balaban J connectivity index is 1.75. The number of nitrogens with one attached hydrogen (secondary N) is 1. The van der Waals surface area contributed by atoms with Crippen LogP contribution in [0.5, 0.6) is 0 Å². The lowest BCUT2D eigenvalue weighted by Crippen LogP contribution is -2.06. The Bertz CT molecular complexity index is 750. The third kappa shape index (κ3) is 2.38. The molecule has 0 saturated heterocycles. The Morgan fingerprint density at radius 2 is 1.90 bits per heavy atom. The van der Waals surface area contributed by atoms with Gasteiger partial charge in [-0.25, -0.2) is 9.18 Å². The second-order valence-corrected chi connectivity index (χ2v) is 4.32. The average molecular weight is 270 g/mol. The number of nitrogens with zero attached hydrogens (tertiary/aromatic N) is 1. The quantitative estimate of drug-likeness (QED) is 0.744. The molecule has 0 radical (unpaired) electrons. The number of hydrogen-bond donors (Lipinski definition) is 1. The first-order valence-corrected chi connectivity index (χ1v) is 6.09. The van der Waals surface area contributed by atoms with Gasteiger partial charge in [0.05, 0.1) is 5.52 Å². The van der Waals surface area contributed by atoms with Gasteiger partial charge >= 0.3 is 5.97 Å². The van der Waals surface area contributed by atoms with E-state index in [4.69, 9.17) is 4.74 Å². The van der Waals surface area contributed by atoms with Gasteiger partial charge in [-0.1, -0.05) is 30.3 Å². The number of carbonyl (C=O) groups is 1. The molecule has 0 aliphatic heterocycles. The maximum Gasteiger partial charge on any atom is 0.359 e. The van der Waals surface area contributed by atoms with E-state index in [0.29, 0.717) is 0 Å². The molecule has 0 atom stereocenters. The van der Waals surface area contributed by atoms with Gasteiger partial charge in [0, 0.05) is 5.39 Å². The summed E-state index contributed by atoms with van der Waals surface area (Å²) < 4.78 is 17.9. The molecule has 0 unspecified atom stereocenters. The molecule has 1 N–H and O–H groups in total. The van der Waals surface area contributed by atoms with Gasteiger partial charge in [0.25, 0.3) is 0 Å². The molecule has 0 saturated carbocycles. The van der Waals surface area contributed by atoms with Crippen molar-refractivity contribution in [2.75, 3.05) is 0 Å². The molecular formula is C15H11FN2O2. The number of H-pyrrole nitrogens is 1. The molecule has 0 bridgehead atoms. The first-order chi connectivity index (χ1) is 9.74. The third-order valence-corrected chi connectivity index (χ3v) is 2.95. The van der Waals surface area contributed by atoms with Crippen LogP contribution >= 0.6 is 0 Å². The summed E-state index contributed by atoms with van der Waals surface area (Å²) in [4.78, 5) is 12.0. The van der Waals surface area contributed by atoms with E-state index in [0.717, 1.165) is 16.5 Å². The van der Waals surface area contributed by atoms with Gasteiger partial charge in [-0.2, -0.15) is 5.10 Å². The van der Waals surface area contributed by atoms with Gasteiger partial charge in [0.15, 0.2) is 5.69 Å². The SMILES string of the molecule is O=C(OCc1ccc(F)cc1)c1n[nH]c2ccccc12. The maximum absolute atomic E-state index is 12.8. The molecule has 3 aromatic rings. The number of aromatic amines is 1. The van der Waals surface area contributed by atoms with E-state index in [-0.39, 0.29) is 18.1 Å². The number of esters is 1. The highest BCUT2D eigenvalue weighted by Crippen LogP contribution is 2.16. The van der Waals surface area contributed by atoms with Crippen LogP contribution in [0.2, 0.25) is 0 Å². The van der Waals surface area contributed by atoms with Crippen molar-refractivity contribution in [3.05, 3.63) is 65.6 Å². The van der Waals surface area contributed by atoms with E-state index in [9.17, 15) is 9.18 Å². The fourth-order valence-electron chi connectivity index (χ4n) is 1.92. The largest absolute Gasteiger partial charge is 0.456 e. The molecule has 0 spiro atoms. The lowest BCUT2D eigenvalue weighted by Gasteiger charge is -2.03. The minimum absolute atomic E-state index is 0.0836. The predicted molar refractivity (Wildman–Crippen MR) is 71.6 cm³/mol. The van der Waals surface area contributed by atoms with Crippen LogP contribution in [0.25, 0.3) is 10.9 Å². The predicted octanol–water partition coefficient (Wildman–Crippen LogP) is 3.06. The smallest absolute Gasteiger partial charge is 0.359 e. The number of para-hydroxylation sites is 1. The summed E-state index contributed by atoms with van der Waals surface area (Å²) in [5, 5.41) is 7.46. The van der Waals surface area contributed by atoms with Gasteiger partial charge in [-0.15, -0.1) is 0 Å². The van der Waals surface area contributed by atoms with Gasteiger partial charge in [-0.05, 0) is 23.8 Å². The molecule has 0 amide bonds. The second kappa shape index (κ2) is 5.13. The van der Waals surface area contributed by atoms with Crippen molar-refractivity contribution in [3.8, 4) is 0 Å². The second-order valence-electron chi connectivity index (χ2n) is 4.32. The Morgan fingerprint density at radius 3 is 2.70 bits per heavy atom. The summed E-state index contributed by atoms with van der Waals surface area (Å²) in [6.07, 6.45) is 0. The van der Waals surface area contributed by atoms with E-state index in [1.54, 1.807) is 18.2 Å². The minimum atomic E-state index is -0.508. The van der Waals surface area contributed by atoms with Crippen molar-refractivity contribution in [1.82, 2.24) is 10.2 Å². The summed E-state index contributed by atoms with van der Waals surface area (Å²) in [7, 11) is 0. The fourth-order valence-corrected chi connectivity index (χ4v) is 1.92. The van der Waals surface area contributed by atoms with Crippen molar-refractivity contribution in [3.63, 3.8) is 0 Å². The van der Waals surface area contributed by atoms with Gasteiger partial charge in [0.1, 0.15) is 12.4 Å². The van der Waals surface area contributed by atoms with Crippen molar-refractivity contribution < 1.29 is 13.9 Å². The Morgan fingerprint density at radius 1 is 1.15 bits per heavy atom. The highest BCUT2D eigenvalue weighted by atomic mass is 19.1. The van der Waals surface area contributed by atoms with Crippen LogP contribution in [0.3, 0.4) is 0 Å². The molecule has 4 nitrogen and oxygen atoms in total. The van der Waals surface area contributed by atoms with E-state index < -0.39 is 5.97 Å². The molecule has 0 fully saturated rings. The van der Waals surface area contributed by atoms with Crippen LogP contribution in [0, 0.1) is 5.82 Å². The highest BCUT2D eigenvalue weighted by molar-refractivity contribution is 6.01. The number of benzene rings is 2. The van der Waals surface area contributed by atoms with Crippen LogP contribution in [0.4, 0.5) is 4.39 Å². The molecule has 1 heterocycles. The summed E-state index contributed by atoms with van der Waals surface area (Å²) in [5.41, 5.74) is 1.75. The molecule has 1 aromatic heterocycles. The summed E-state index contributed by atoms with van der Waals surface area (Å²) in [6.45, 7) is 0.0836. The van der Waals surface area contributed by atoms with Crippen molar-refractivity contribution in [2.24, 2.45) is 0 Å². The Labute approximate surface area is 114 Å². The van der Waals surface area contributed by atoms with Crippen LogP contribution in [-0.4, -0.2) is 16.2 Å². The zero-order valence-electron chi connectivity index (χ0n) is 10.5. The molecule has 2 aromatic carbocycles. The number of aromatic nitrogens is 2. The van der Waals surface area contributed by atoms with Gasteiger partial charge in [0.2, 0.25) is 0 Å². The van der Waals surface area contributed by atoms with Crippen molar-refractivity contribution >= 4 is 16.9 Å². The zero-order valence-corrected chi connectivity index (χ0v) is 10.5. The number of carbonyl (C=O) groups excluding carboxylic acids is 1. The summed E-state index contributed by atoms with van der Waals surface area (Å²) in [6, 6.07) is 13.1. The molecule has 5 heteroatoms. The number of ether oxygens (including phenoxy) is 1. The van der Waals surface area contributed by atoms with Crippen LogP contribution < -0.4 is 0 Å². The third-order valence-electron chi connectivity index (χ3n) is 2.95. The lowest BCUT2D eigenvalue weighted by atomic mass is 10.2. The highest BCUT2D eigenvalue weighted by Gasteiger charge is 2.15. The van der Waals surface area contributed by atoms with E-state index in [2.05, 4.69) is 10.2 Å². The first kappa shape index (κ1) is 12.3. The Kier molecular flexibility index (Phi) is 3.16. The maximum atomic E-state index is 12.8. The van der Waals surface area contributed by atoms with E-state index in [1.807, 2.05) is 18.2 Å². The fraction of sp³-hybridized carbons (Fsp3) is 0.0667. The number of hydrogen-bond acceptors (Lipinski definition) is 3. The van der Waals surface area contributed by atoms with Crippen LogP contribution in [0.1, 0.15) is 16.1 Å². The summed E-state index contributed by atoms with van der Waals surface area (Å²) in [5.74, 6) is -0.829. The zero-order chi connectivity index (χ0) is 13.9. The van der Waals surface area contributed by atoms with Crippen molar-refractivity contribution in [1.29, 1.82) is 0 Å². The molecule has 20 heavy (non-hydrogen) atoms. The minimum Gasteiger partial charge on any atom is -0.456 e. The molecule has 3 rings (SSSR count). The van der Waals surface area contributed by atoms with E-state index in [1.165, 1.54) is 12.1 Å². The molecule has 100 valence electrons. The summed E-state index contributed by atoms with van der Waals surface area (Å²) >= 11 is 0. The van der Waals surface area contributed by atoms with Crippen molar-refractivity contribution in [2.45, 2.75) is 6.61 Å². The molecule has 0 aliphatic rings. The van der Waals surface area contributed by atoms with Gasteiger partial charge in [-0.3, -0.25) is 5.10 Å². The lowest BCUT2D eigenvalue weighted by molar-refractivity contribution is 0.0468. The average Bonchev–Trinajstić information content (AvgIpc) is 2.90. The topological polar surface area (TPSA) is 55.0 Å². The first-order valence-electron chi connectivity index (χ1n) is 6.09. The Hall–Kier alpha value is -2.69. The van der Waals surface area contributed by atoms with E-state index >= 15 is 0 Å².